The summed E-state index contributed by atoms with van der Waals surface area (Å²) in [4.78, 5) is 33.4. The predicted molar refractivity (Wildman–Crippen MR) is 124 cm³/mol. The minimum Gasteiger partial charge on any atom is -0.355 e. The molecule has 1 aromatic heterocycles. The van der Waals surface area contributed by atoms with E-state index < -0.39 is 0 Å². The first-order valence-electron chi connectivity index (χ1n) is 10.8. The number of nitrogens with one attached hydrogen (secondary N) is 2. The molecule has 2 aromatic carbocycles. The molecule has 7 nitrogen and oxygen atoms in total. The van der Waals surface area contributed by atoms with Crippen molar-refractivity contribution in [3.63, 3.8) is 0 Å². The van der Waals surface area contributed by atoms with Crippen LogP contribution in [0.3, 0.4) is 0 Å². The molecule has 4 rings (SSSR count). The summed E-state index contributed by atoms with van der Waals surface area (Å²) in [5.74, 6) is 0.0000415. The summed E-state index contributed by atoms with van der Waals surface area (Å²) < 4.78 is 1.71. The van der Waals surface area contributed by atoms with Gasteiger partial charge < -0.3 is 15.2 Å². The number of amides is 2. The van der Waals surface area contributed by atoms with E-state index in [4.69, 9.17) is 0 Å². The summed E-state index contributed by atoms with van der Waals surface area (Å²) in [6.45, 7) is 3.87. The zero-order valence-corrected chi connectivity index (χ0v) is 18.5. The van der Waals surface area contributed by atoms with Crippen LogP contribution in [-0.2, 0) is 7.05 Å². The molecule has 1 saturated carbocycles. The monoisotopic (exact) mass is 429 g/mol. The van der Waals surface area contributed by atoms with Crippen LogP contribution in [0.25, 0.3) is 0 Å². The van der Waals surface area contributed by atoms with Crippen LogP contribution in [-0.4, -0.2) is 27.4 Å². The number of rotatable bonds is 6. The van der Waals surface area contributed by atoms with E-state index in [1.54, 1.807) is 42.2 Å². The molecule has 1 aliphatic carbocycles. The molecule has 2 N–H and O–H groups in total. The van der Waals surface area contributed by atoms with E-state index >= 15 is 0 Å². The summed E-state index contributed by atoms with van der Waals surface area (Å²) in [6, 6.07) is 14.9. The lowest BCUT2D eigenvalue weighted by molar-refractivity contribution is 0.0942. The van der Waals surface area contributed by atoms with E-state index in [9.17, 15) is 9.59 Å². The Hall–Kier alpha value is -3.74. The summed E-state index contributed by atoms with van der Waals surface area (Å²) in [7, 11) is 1.80. The molecule has 1 fully saturated rings. The number of hydrogen-bond donors (Lipinski definition) is 2. The van der Waals surface area contributed by atoms with E-state index in [0.29, 0.717) is 22.7 Å². The number of hydrogen-bond acceptors (Lipinski definition) is 4. The molecule has 0 unspecified atom stereocenters. The Labute approximate surface area is 187 Å². The Morgan fingerprint density at radius 1 is 1.09 bits per heavy atom. The Morgan fingerprint density at radius 3 is 2.62 bits per heavy atom. The topological polar surface area (TPSA) is 88.4 Å². The van der Waals surface area contributed by atoms with Gasteiger partial charge in [0, 0.05) is 48.0 Å². The fourth-order valence-corrected chi connectivity index (χ4v) is 3.48. The van der Waals surface area contributed by atoms with Crippen LogP contribution >= 0.6 is 0 Å². The third-order valence-corrected chi connectivity index (χ3v) is 5.24. The maximum Gasteiger partial charge on any atom is 0.280 e. The average Bonchev–Trinajstić information content (AvgIpc) is 3.61. The van der Waals surface area contributed by atoms with Gasteiger partial charge in [0.05, 0.1) is 0 Å². The lowest BCUT2D eigenvalue weighted by Crippen LogP contribution is -2.30. The van der Waals surface area contributed by atoms with Crippen LogP contribution in [0, 0.1) is 0 Å². The third-order valence-electron chi connectivity index (χ3n) is 5.24. The Bertz CT molecular complexity index is 1220. The molecule has 32 heavy (non-hydrogen) atoms. The average molecular weight is 430 g/mol. The van der Waals surface area contributed by atoms with Gasteiger partial charge in [-0.1, -0.05) is 6.07 Å². The molecule has 1 heterocycles. The van der Waals surface area contributed by atoms with Gasteiger partial charge in [-0.15, -0.1) is 0 Å². The molecule has 3 aromatic rings. The van der Waals surface area contributed by atoms with Crippen molar-refractivity contribution in [2.24, 2.45) is 12.0 Å². The summed E-state index contributed by atoms with van der Waals surface area (Å²) >= 11 is 0. The highest BCUT2D eigenvalue weighted by Crippen LogP contribution is 2.44. The Kier molecular flexibility index (Phi) is 6.16. The Morgan fingerprint density at radius 2 is 1.91 bits per heavy atom. The van der Waals surface area contributed by atoms with Crippen molar-refractivity contribution in [1.29, 1.82) is 0 Å². The minimum atomic E-state index is -0.319. The number of carbonyl (C=O) groups excluding carboxylic acids is 2. The largest absolute Gasteiger partial charge is 0.355 e. The molecule has 1 aliphatic rings. The first-order chi connectivity index (χ1) is 15.4. The molecule has 2 amide bonds. The molecule has 0 atom stereocenters. The van der Waals surface area contributed by atoms with Gasteiger partial charge >= 0.3 is 0 Å². The van der Waals surface area contributed by atoms with Crippen molar-refractivity contribution in [3.05, 3.63) is 83.2 Å². The Balaban J connectivity index is 1.60. The second-order valence-corrected chi connectivity index (χ2v) is 8.36. The molecule has 0 saturated heterocycles. The zero-order valence-electron chi connectivity index (χ0n) is 18.5. The normalized spacial score (nSPS) is 13.8. The number of carbonyl (C=O) groups is 2. The number of nitrogens with zero attached hydrogens (tertiary/aromatic N) is 3. The zero-order chi connectivity index (χ0) is 22.7. The summed E-state index contributed by atoms with van der Waals surface area (Å²) in [5.41, 5.74) is 4.36. The predicted octanol–water partition coefficient (Wildman–Crippen LogP) is 3.92. The van der Waals surface area contributed by atoms with Crippen LogP contribution in [0.15, 0.2) is 65.9 Å². The van der Waals surface area contributed by atoms with Crippen molar-refractivity contribution in [2.75, 3.05) is 5.32 Å². The summed E-state index contributed by atoms with van der Waals surface area (Å²) in [6.07, 6.45) is 5.60. The number of anilines is 2. The van der Waals surface area contributed by atoms with Crippen molar-refractivity contribution in [1.82, 2.24) is 14.9 Å². The van der Waals surface area contributed by atoms with E-state index in [1.807, 2.05) is 44.2 Å². The fraction of sp³-hybridized carbons (Fsp3) is 0.280. The molecule has 7 heteroatoms. The minimum absolute atomic E-state index is 0.0735. The van der Waals surface area contributed by atoms with Gasteiger partial charge in [0.25, 0.3) is 11.8 Å². The molecular weight excluding hydrogens is 402 g/mol. The van der Waals surface area contributed by atoms with Crippen molar-refractivity contribution >= 4 is 23.2 Å². The SMILES string of the molecule is CC(C)NC(=O)c1cccc(Nc2ccc(C(=O)N=c3ncccn3C)cc2C2CC2)c1. The molecule has 0 bridgehead atoms. The number of benzene rings is 2. The van der Waals surface area contributed by atoms with Crippen molar-refractivity contribution in [3.8, 4) is 0 Å². The van der Waals surface area contributed by atoms with Crippen molar-refractivity contribution in [2.45, 2.75) is 38.6 Å². The number of aromatic nitrogens is 2. The van der Waals surface area contributed by atoms with Crippen LogP contribution in [0.4, 0.5) is 11.4 Å². The van der Waals surface area contributed by atoms with Crippen molar-refractivity contribution < 1.29 is 9.59 Å². The third kappa shape index (κ3) is 5.11. The van der Waals surface area contributed by atoms with Gasteiger partial charge in [0.2, 0.25) is 5.62 Å². The lowest BCUT2D eigenvalue weighted by atomic mass is 10.0. The van der Waals surface area contributed by atoms with Crippen LogP contribution in [0.1, 0.15) is 58.9 Å². The first-order valence-corrected chi connectivity index (χ1v) is 10.8. The highest BCUT2D eigenvalue weighted by molar-refractivity contribution is 5.96. The van der Waals surface area contributed by atoms with Crippen LogP contribution in [0.5, 0.6) is 0 Å². The molecular formula is C25H27N5O2. The van der Waals surface area contributed by atoms with Gasteiger partial charge in [0.1, 0.15) is 0 Å². The van der Waals surface area contributed by atoms with Gasteiger partial charge in [0.15, 0.2) is 0 Å². The van der Waals surface area contributed by atoms with Crippen LogP contribution < -0.4 is 16.3 Å². The van der Waals surface area contributed by atoms with E-state index in [2.05, 4.69) is 20.6 Å². The van der Waals surface area contributed by atoms with Gasteiger partial charge in [-0.05, 0) is 80.6 Å². The van der Waals surface area contributed by atoms with E-state index in [1.165, 1.54) is 0 Å². The second-order valence-electron chi connectivity index (χ2n) is 8.36. The van der Waals surface area contributed by atoms with Gasteiger partial charge in [-0.3, -0.25) is 9.59 Å². The maximum absolute atomic E-state index is 12.8. The first kappa shape index (κ1) is 21.5. The van der Waals surface area contributed by atoms with E-state index in [-0.39, 0.29) is 17.9 Å². The smallest absolute Gasteiger partial charge is 0.280 e. The highest BCUT2D eigenvalue weighted by atomic mass is 16.2. The maximum atomic E-state index is 12.8. The standard InChI is InChI=1S/C25H27N5O2/c1-16(2)27-23(31)18-6-4-7-20(14-18)28-22-11-10-19(15-21(22)17-8-9-17)24(32)29-25-26-12-5-13-30(25)3/h4-7,10-17,28H,8-9H2,1-3H3,(H,27,31). The second kappa shape index (κ2) is 9.18. The van der Waals surface area contributed by atoms with E-state index in [0.717, 1.165) is 29.8 Å². The molecule has 0 spiro atoms. The van der Waals surface area contributed by atoms with Gasteiger partial charge in [-0.2, -0.15) is 4.99 Å². The summed E-state index contributed by atoms with van der Waals surface area (Å²) in [5, 5.41) is 6.34. The van der Waals surface area contributed by atoms with Crippen LogP contribution in [0.2, 0.25) is 0 Å². The molecule has 0 radical (unpaired) electrons. The lowest BCUT2D eigenvalue weighted by Gasteiger charge is -2.14. The quantitative estimate of drug-likeness (QED) is 0.622. The number of aryl methyl sites for hydroxylation is 1. The molecule has 164 valence electrons. The molecule has 0 aliphatic heterocycles. The highest BCUT2D eigenvalue weighted by Gasteiger charge is 2.27. The fourth-order valence-electron chi connectivity index (χ4n) is 3.48. The van der Waals surface area contributed by atoms with Gasteiger partial charge in [-0.25, -0.2) is 4.98 Å².